The highest BCUT2D eigenvalue weighted by atomic mass is 32.1. The van der Waals surface area contributed by atoms with E-state index in [1.165, 1.54) is 11.3 Å². The number of ketones is 1. The number of allylic oxidation sites excluding steroid dienone is 1. The summed E-state index contributed by atoms with van der Waals surface area (Å²) in [7, 11) is 1.60. The molecule has 6 heteroatoms. The Morgan fingerprint density at radius 2 is 1.91 bits per heavy atom. The number of aliphatic hydroxyl groups excluding tert-OH is 1. The smallest absolute Gasteiger partial charge is 0.371 e. The van der Waals surface area contributed by atoms with E-state index in [-0.39, 0.29) is 0 Å². The predicted octanol–water partition coefficient (Wildman–Crippen LogP) is 3.06. The zero-order chi connectivity index (χ0) is 16.1. The minimum atomic E-state index is -1.53. The van der Waals surface area contributed by atoms with Gasteiger partial charge in [0, 0.05) is 28.3 Å². The first-order valence-corrected chi connectivity index (χ1v) is 7.26. The maximum Gasteiger partial charge on any atom is 0.371 e. The van der Waals surface area contributed by atoms with Gasteiger partial charge in [-0.3, -0.25) is 4.79 Å². The summed E-state index contributed by atoms with van der Waals surface area (Å²) in [4.78, 5) is 23.3. The number of carbonyl (C=O) groups is 2. The number of ether oxygens (including phenoxy) is 1. The van der Waals surface area contributed by atoms with E-state index in [4.69, 9.17) is 14.9 Å². The van der Waals surface area contributed by atoms with Gasteiger partial charge in [-0.2, -0.15) is 0 Å². The summed E-state index contributed by atoms with van der Waals surface area (Å²) in [6, 6.07) is 9.31. The normalized spacial score (nSPS) is 11.2. The second kappa shape index (κ2) is 6.91. The third kappa shape index (κ3) is 3.95. The second-order valence-electron chi connectivity index (χ2n) is 4.53. The van der Waals surface area contributed by atoms with Crippen molar-refractivity contribution < 1.29 is 24.5 Å². The van der Waals surface area contributed by atoms with Crippen molar-refractivity contribution >= 4 is 23.1 Å². The van der Waals surface area contributed by atoms with Crippen LogP contribution in [0.15, 0.2) is 47.5 Å². The fraction of sp³-hybridized carbons (Fsp3) is 0.125. The summed E-state index contributed by atoms with van der Waals surface area (Å²) in [6.07, 6.45) is 1.37. The second-order valence-corrected chi connectivity index (χ2v) is 5.52. The molecular weight excluding hydrogens is 304 g/mol. The molecule has 0 saturated heterocycles. The molecule has 0 amide bonds. The number of benzene rings is 1. The van der Waals surface area contributed by atoms with Crippen LogP contribution in [0.2, 0.25) is 0 Å². The lowest BCUT2D eigenvalue weighted by atomic mass is 10.1. The van der Waals surface area contributed by atoms with Crippen LogP contribution in [0.3, 0.4) is 0 Å². The number of thiophene rings is 1. The van der Waals surface area contributed by atoms with Gasteiger partial charge in [-0.15, -0.1) is 11.3 Å². The van der Waals surface area contributed by atoms with E-state index >= 15 is 0 Å². The van der Waals surface area contributed by atoms with Gasteiger partial charge in [0.1, 0.15) is 5.75 Å². The van der Waals surface area contributed by atoms with Crippen LogP contribution in [-0.4, -0.2) is 29.1 Å². The average Bonchev–Trinajstić information content (AvgIpc) is 2.96. The number of hydrogen-bond donors (Lipinski definition) is 2. The zero-order valence-electron chi connectivity index (χ0n) is 11.8. The first kappa shape index (κ1) is 15.8. The summed E-state index contributed by atoms with van der Waals surface area (Å²) in [5.41, 5.74) is 1.44. The molecule has 0 radical (unpaired) electrons. The summed E-state index contributed by atoms with van der Waals surface area (Å²) in [6.45, 7) is 0. The Labute approximate surface area is 131 Å². The summed E-state index contributed by atoms with van der Waals surface area (Å²) >= 11 is 1.41. The van der Waals surface area contributed by atoms with E-state index in [0.717, 1.165) is 16.2 Å². The topological polar surface area (TPSA) is 83.8 Å². The number of carboxylic acids is 1. The van der Waals surface area contributed by atoms with Crippen LogP contribution >= 0.6 is 11.3 Å². The number of methoxy groups -OCH3 is 1. The fourth-order valence-electron chi connectivity index (χ4n) is 1.82. The Balaban J connectivity index is 2.09. The molecule has 0 saturated carbocycles. The largest absolute Gasteiger partial charge is 0.502 e. The Morgan fingerprint density at radius 1 is 1.23 bits per heavy atom. The summed E-state index contributed by atoms with van der Waals surface area (Å²) in [5.74, 6) is -2.24. The monoisotopic (exact) mass is 318 g/mol. The van der Waals surface area contributed by atoms with Crippen molar-refractivity contribution in [2.75, 3.05) is 7.11 Å². The zero-order valence-corrected chi connectivity index (χ0v) is 12.6. The highest BCUT2D eigenvalue weighted by molar-refractivity contribution is 7.10. The average molecular weight is 318 g/mol. The SMILES string of the molecule is COc1ccc(Cc2cc(C(=O)C=C(O)C(=O)O)cs2)cc1. The first-order chi connectivity index (χ1) is 10.5. The van der Waals surface area contributed by atoms with Crippen molar-refractivity contribution in [1.82, 2.24) is 0 Å². The Bertz CT molecular complexity index is 712. The molecule has 114 valence electrons. The van der Waals surface area contributed by atoms with E-state index in [0.29, 0.717) is 18.1 Å². The predicted molar refractivity (Wildman–Crippen MR) is 82.8 cm³/mol. The van der Waals surface area contributed by atoms with Crippen molar-refractivity contribution in [3.05, 3.63) is 63.6 Å². The maximum atomic E-state index is 11.8. The number of carbonyl (C=O) groups excluding carboxylic acids is 1. The van der Waals surface area contributed by atoms with Gasteiger partial charge in [-0.25, -0.2) is 4.79 Å². The van der Waals surface area contributed by atoms with Crippen LogP contribution in [0.1, 0.15) is 20.8 Å². The van der Waals surface area contributed by atoms with Crippen molar-refractivity contribution in [2.45, 2.75) is 6.42 Å². The molecule has 2 rings (SSSR count). The summed E-state index contributed by atoms with van der Waals surface area (Å²) < 4.78 is 5.09. The Hall–Kier alpha value is -2.60. The van der Waals surface area contributed by atoms with Gasteiger partial charge in [0.2, 0.25) is 5.76 Å². The van der Waals surface area contributed by atoms with Crippen LogP contribution in [-0.2, 0) is 11.2 Å². The molecule has 1 aromatic heterocycles. The molecule has 1 aromatic carbocycles. The van der Waals surface area contributed by atoms with Crippen molar-refractivity contribution in [1.29, 1.82) is 0 Å². The van der Waals surface area contributed by atoms with E-state index in [1.807, 2.05) is 24.3 Å². The van der Waals surface area contributed by atoms with E-state index in [2.05, 4.69) is 0 Å². The lowest BCUT2D eigenvalue weighted by molar-refractivity contribution is -0.135. The number of aliphatic carboxylic acids is 1. The third-order valence-corrected chi connectivity index (χ3v) is 3.90. The minimum absolute atomic E-state index is 0.362. The number of aliphatic hydroxyl groups is 1. The molecule has 22 heavy (non-hydrogen) atoms. The molecular formula is C16H14O5S. The van der Waals surface area contributed by atoms with Gasteiger partial charge >= 0.3 is 5.97 Å². The van der Waals surface area contributed by atoms with Gasteiger partial charge in [0.15, 0.2) is 5.78 Å². The van der Waals surface area contributed by atoms with Gasteiger partial charge in [0.05, 0.1) is 7.11 Å². The molecule has 0 unspecified atom stereocenters. The number of carboxylic acid groups (broad SMARTS) is 1. The number of hydrogen-bond acceptors (Lipinski definition) is 5. The Kier molecular flexibility index (Phi) is 4.95. The van der Waals surface area contributed by atoms with E-state index in [9.17, 15) is 9.59 Å². The summed E-state index contributed by atoms with van der Waals surface area (Å²) in [5, 5.41) is 19.3. The van der Waals surface area contributed by atoms with Gasteiger partial charge in [0.25, 0.3) is 0 Å². The lowest BCUT2D eigenvalue weighted by Crippen LogP contribution is -2.03. The highest BCUT2D eigenvalue weighted by Gasteiger charge is 2.11. The van der Waals surface area contributed by atoms with Crippen LogP contribution in [0.25, 0.3) is 0 Å². The molecule has 1 heterocycles. The molecule has 0 aliphatic carbocycles. The lowest BCUT2D eigenvalue weighted by Gasteiger charge is -2.01. The van der Waals surface area contributed by atoms with Crippen molar-refractivity contribution in [3.63, 3.8) is 0 Å². The van der Waals surface area contributed by atoms with Crippen LogP contribution in [0, 0.1) is 0 Å². The van der Waals surface area contributed by atoms with E-state index < -0.39 is 17.5 Å². The molecule has 0 atom stereocenters. The van der Waals surface area contributed by atoms with E-state index in [1.54, 1.807) is 18.6 Å². The molecule has 2 N–H and O–H groups in total. The minimum Gasteiger partial charge on any atom is -0.502 e. The van der Waals surface area contributed by atoms with Gasteiger partial charge in [-0.1, -0.05) is 12.1 Å². The standard InChI is InChI=1S/C16H14O5S/c1-21-12-4-2-10(3-5-12)6-13-7-11(9-22-13)14(17)8-15(18)16(19)20/h2-5,7-9,18H,6H2,1H3,(H,19,20). The van der Waals surface area contributed by atoms with Crippen LogP contribution in [0.5, 0.6) is 5.75 Å². The quantitative estimate of drug-likeness (QED) is 0.486. The molecule has 0 aliphatic rings. The van der Waals surface area contributed by atoms with Crippen LogP contribution in [0.4, 0.5) is 0 Å². The third-order valence-electron chi connectivity index (χ3n) is 2.96. The van der Waals surface area contributed by atoms with Crippen molar-refractivity contribution in [3.8, 4) is 5.75 Å². The Morgan fingerprint density at radius 3 is 2.50 bits per heavy atom. The fourth-order valence-corrected chi connectivity index (χ4v) is 2.72. The molecule has 2 aromatic rings. The molecule has 0 fully saturated rings. The number of rotatable bonds is 6. The molecule has 0 aliphatic heterocycles. The van der Waals surface area contributed by atoms with Gasteiger partial charge < -0.3 is 14.9 Å². The van der Waals surface area contributed by atoms with Crippen LogP contribution < -0.4 is 4.74 Å². The maximum absolute atomic E-state index is 11.8. The first-order valence-electron chi connectivity index (χ1n) is 6.38. The molecule has 5 nitrogen and oxygen atoms in total. The highest BCUT2D eigenvalue weighted by Crippen LogP contribution is 2.21. The van der Waals surface area contributed by atoms with Gasteiger partial charge in [-0.05, 0) is 23.8 Å². The van der Waals surface area contributed by atoms with Crippen molar-refractivity contribution in [2.24, 2.45) is 0 Å². The molecule has 0 bridgehead atoms. The molecule has 0 spiro atoms.